The molecule has 1 aromatic carbocycles. The summed E-state index contributed by atoms with van der Waals surface area (Å²) in [6, 6.07) is 8.10. The van der Waals surface area contributed by atoms with Gasteiger partial charge in [-0.3, -0.25) is 4.79 Å². The number of rotatable bonds is 3. The molecule has 2 aliphatic heterocycles. The molecule has 1 aromatic heterocycles. The summed E-state index contributed by atoms with van der Waals surface area (Å²) in [6.07, 6.45) is 5.60. The smallest absolute Gasteiger partial charge is 0.245 e. The average Bonchev–Trinajstić information content (AvgIpc) is 3.18. The van der Waals surface area contributed by atoms with Gasteiger partial charge in [0.2, 0.25) is 5.91 Å². The van der Waals surface area contributed by atoms with Crippen molar-refractivity contribution < 1.29 is 4.79 Å². The van der Waals surface area contributed by atoms with Crippen molar-refractivity contribution in [1.29, 1.82) is 0 Å². The summed E-state index contributed by atoms with van der Waals surface area (Å²) in [5.41, 5.74) is 3.90. The van der Waals surface area contributed by atoms with Crippen molar-refractivity contribution in [3.63, 3.8) is 0 Å². The molecule has 1 atom stereocenters. The fourth-order valence-corrected chi connectivity index (χ4v) is 6.11. The van der Waals surface area contributed by atoms with Crippen molar-refractivity contribution >= 4 is 28.1 Å². The zero-order valence-electron chi connectivity index (χ0n) is 14.6. The van der Waals surface area contributed by atoms with E-state index in [1.807, 2.05) is 17.0 Å². The van der Waals surface area contributed by atoms with Gasteiger partial charge in [-0.05, 0) is 36.8 Å². The number of hydrogen-bond donors (Lipinski definition) is 2. The van der Waals surface area contributed by atoms with E-state index < -0.39 is 0 Å². The highest BCUT2D eigenvalue weighted by Crippen LogP contribution is 2.58. The maximum Gasteiger partial charge on any atom is 0.245 e. The summed E-state index contributed by atoms with van der Waals surface area (Å²) in [7, 11) is 0. The number of thiazole rings is 1. The number of hydrogen-bond acceptors (Lipinski definition) is 5. The molecule has 1 amide bonds. The van der Waals surface area contributed by atoms with E-state index in [1.54, 1.807) is 11.3 Å². The normalized spacial score (nSPS) is 30.5. The van der Waals surface area contributed by atoms with Gasteiger partial charge in [-0.2, -0.15) is 0 Å². The van der Waals surface area contributed by atoms with E-state index in [0.717, 1.165) is 36.1 Å². The number of amides is 1. The molecule has 3 saturated carbocycles. The predicted molar refractivity (Wildman–Crippen MR) is 102 cm³/mol. The first-order chi connectivity index (χ1) is 12.7. The van der Waals surface area contributed by atoms with E-state index >= 15 is 0 Å². The summed E-state index contributed by atoms with van der Waals surface area (Å²) in [5.74, 6) is 1.18. The maximum atomic E-state index is 13.0. The number of nitrogens with one attached hydrogen (secondary N) is 2. The van der Waals surface area contributed by atoms with E-state index in [2.05, 4.69) is 22.8 Å². The van der Waals surface area contributed by atoms with Gasteiger partial charge >= 0.3 is 0 Å². The molecule has 7 rings (SSSR count). The van der Waals surface area contributed by atoms with Crippen molar-refractivity contribution in [2.24, 2.45) is 5.92 Å². The van der Waals surface area contributed by atoms with Crippen molar-refractivity contribution in [3.8, 4) is 0 Å². The molecular weight excluding hydrogens is 344 g/mol. The molecule has 134 valence electrons. The van der Waals surface area contributed by atoms with Gasteiger partial charge in [0.1, 0.15) is 6.04 Å². The van der Waals surface area contributed by atoms with E-state index in [-0.39, 0.29) is 11.9 Å². The van der Waals surface area contributed by atoms with Crippen LogP contribution in [0.3, 0.4) is 0 Å². The van der Waals surface area contributed by atoms with Crippen LogP contribution in [0, 0.1) is 5.92 Å². The van der Waals surface area contributed by atoms with Crippen molar-refractivity contribution in [1.82, 2.24) is 9.88 Å². The van der Waals surface area contributed by atoms with Crippen LogP contribution in [0.2, 0.25) is 0 Å². The van der Waals surface area contributed by atoms with E-state index in [1.165, 1.54) is 35.4 Å². The second-order valence-electron chi connectivity index (χ2n) is 8.34. The Morgan fingerprint density at radius 2 is 2.15 bits per heavy atom. The second kappa shape index (κ2) is 5.22. The maximum absolute atomic E-state index is 13.0. The number of fused-ring (bicyclic) bond motifs is 2. The number of carbonyl (C=O) groups is 1. The topological polar surface area (TPSA) is 57.3 Å². The van der Waals surface area contributed by atoms with Crippen molar-refractivity contribution in [2.45, 2.75) is 50.2 Å². The average molecular weight is 366 g/mol. The van der Waals surface area contributed by atoms with E-state index in [4.69, 9.17) is 4.98 Å². The third-order valence-electron chi connectivity index (χ3n) is 6.52. The van der Waals surface area contributed by atoms with E-state index in [9.17, 15) is 4.79 Å². The number of para-hydroxylation sites is 1. The molecule has 3 heterocycles. The number of aromatic nitrogens is 1. The Labute approximate surface area is 156 Å². The van der Waals surface area contributed by atoms with Crippen LogP contribution in [0.25, 0.3) is 0 Å². The fourth-order valence-electron chi connectivity index (χ4n) is 4.96. The van der Waals surface area contributed by atoms with Crippen LogP contribution in [-0.2, 0) is 24.2 Å². The third kappa shape index (κ3) is 2.21. The Morgan fingerprint density at radius 1 is 1.31 bits per heavy atom. The highest BCUT2D eigenvalue weighted by Gasteiger charge is 2.57. The fraction of sp³-hybridized carbons (Fsp3) is 0.500. The minimum atomic E-state index is -0.125. The van der Waals surface area contributed by atoms with E-state index in [0.29, 0.717) is 12.1 Å². The Kier molecular flexibility index (Phi) is 3.02. The molecular formula is C20H22N4OS. The lowest BCUT2D eigenvalue weighted by Crippen LogP contribution is -2.63. The largest absolute Gasteiger partial charge is 0.373 e. The first-order valence-electron chi connectivity index (χ1n) is 9.57. The molecule has 3 fully saturated rings. The van der Waals surface area contributed by atoms with Gasteiger partial charge in [-0.1, -0.05) is 29.5 Å². The Hall–Kier alpha value is -2.08. The SMILES string of the molecule is O=C(C1Cc2ccccc2N1)N1CCc2nc(NC34CC(C3)C4)sc2C1. The van der Waals surface area contributed by atoms with Crippen molar-refractivity contribution in [2.75, 3.05) is 17.2 Å². The molecule has 5 nitrogen and oxygen atoms in total. The number of nitrogens with zero attached hydrogens (tertiary/aromatic N) is 2. The Bertz CT molecular complexity index is 865. The third-order valence-corrected chi connectivity index (χ3v) is 7.52. The molecule has 5 aliphatic rings. The molecule has 2 bridgehead atoms. The van der Waals surface area contributed by atoms with Crippen LogP contribution in [0.1, 0.15) is 35.4 Å². The minimum absolute atomic E-state index is 0.125. The van der Waals surface area contributed by atoms with Gasteiger partial charge in [-0.25, -0.2) is 4.98 Å². The first-order valence-corrected chi connectivity index (χ1v) is 10.4. The molecule has 0 spiro atoms. The molecule has 0 radical (unpaired) electrons. The van der Waals surface area contributed by atoms with Gasteiger partial charge in [0, 0.05) is 35.5 Å². The summed E-state index contributed by atoms with van der Waals surface area (Å²) in [5, 5.41) is 8.14. The predicted octanol–water partition coefficient (Wildman–Crippen LogP) is 3.03. The van der Waals surface area contributed by atoms with Gasteiger partial charge < -0.3 is 15.5 Å². The van der Waals surface area contributed by atoms with Crippen LogP contribution >= 0.6 is 11.3 Å². The van der Waals surface area contributed by atoms with Crippen LogP contribution in [0.4, 0.5) is 10.8 Å². The molecule has 0 saturated heterocycles. The molecule has 2 aromatic rings. The Balaban J connectivity index is 1.15. The summed E-state index contributed by atoms with van der Waals surface area (Å²) in [6.45, 7) is 1.48. The summed E-state index contributed by atoms with van der Waals surface area (Å²) < 4.78 is 0. The van der Waals surface area contributed by atoms with Crippen LogP contribution < -0.4 is 10.6 Å². The van der Waals surface area contributed by atoms with Gasteiger partial charge in [-0.15, -0.1) is 0 Å². The lowest BCUT2D eigenvalue weighted by atomic mass is 9.50. The molecule has 6 heteroatoms. The monoisotopic (exact) mass is 366 g/mol. The number of benzene rings is 1. The quantitative estimate of drug-likeness (QED) is 0.877. The number of carbonyl (C=O) groups excluding carboxylic acids is 1. The lowest BCUT2D eigenvalue weighted by molar-refractivity contribution is -0.132. The summed E-state index contributed by atoms with van der Waals surface area (Å²) >= 11 is 1.75. The van der Waals surface area contributed by atoms with Crippen LogP contribution in [-0.4, -0.2) is 33.9 Å². The zero-order valence-corrected chi connectivity index (χ0v) is 15.4. The summed E-state index contributed by atoms with van der Waals surface area (Å²) in [4.78, 5) is 21.1. The molecule has 3 aliphatic carbocycles. The highest BCUT2D eigenvalue weighted by atomic mass is 32.1. The minimum Gasteiger partial charge on any atom is -0.373 e. The molecule has 26 heavy (non-hydrogen) atoms. The molecule has 1 unspecified atom stereocenters. The van der Waals surface area contributed by atoms with Crippen LogP contribution in [0.5, 0.6) is 0 Å². The first kappa shape index (κ1) is 15.0. The Morgan fingerprint density at radius 3 is 2.92 bits per heavy atom. The van der Waals surface area contributed by atoms with Gasteiger partial charge in [0.15, 0.2) is 5.13 Å². The number of anilines is 2. The van der Waals surface area contributed by atoms with Gasteiger partial charge in [0.25, 0.3) is 0 Å². The standard InChI is InChI=1S/C20H22N4OS/c25-18(16-7-13-3-1-2-4-14(13)21-16)24-6-5-15-17(11-24)26-19(22-15)23-20-8-12(9-20)10-20/h1-4,12,16,21H,5-11H2,(H,22,23). The highest BCUT2D eigenvalue weighted by molar-refractivity contribution is 7.15. The van der Waals surface area contributed by atoms with Gasteiger partial charge in [0.05, 0.1) is 12.2 Å². The molecule has 2 N–H and O–H groups in total. The van der Waals surface area contributed by atoms with Crippen molar-refractivity contribution in [3.05, 3.63) is 40.4 Å². The van der Waals surface area contributed by atoms with Crippen LogP contribution in [0.15, 0.2) is 24.3 Å². The zero-order chi connectivity index (χ0) is 17.3. The lowest BCUT2D eigenvalue weighted by Gasteiger charge is -2.61. The second-order valence-corrected chi connectivity index (χ2v) is 9.42.